The lowest BCUT2D eigenvalue weighted by molar-refractivity contribution is 0.0240. The molecule has 1 fully saturated rings. The zero-order valence-corrected chi connectivity index (χ0v) is 18.3. The summed E-state index contributed by atoms with van der Waals surface area (Å²) in [6.45, 7) is 8.78. The highest BCUT2D eigenvalue weighted by Crippen LogP contribution is 2.29. The monoisotopic (exact) mass is 427 g/mol. The lowest BCUT2D eigenvalue weighted by atomic mass is 10.2. The lowest BCUT2D eigenvalue weighted by Gasteiger charge is -2.36. The number of carbonyl (C=O) groups is 1. The molecule has 0 saturated carbocycles. The van der Waals surface area contributed by atoms with Crippen molar-refractivity contribution in [3.8, 4) is 0 Å². The first-order valence-electron chi connectivity index (χ1n) is 10.1. The van der Waals surface area contributed by atoms with Crippen LogP contribution in [0, 0.1) is 0 Å². The van der Waals surface area contributed by atoms with Gasteiger partial charge in [0.25, 0.3) is 0 Å². The van der Waals surface area contributed by atoms with Crippen LogP contribution in [0.1, 0.15) is 26.3 Å². The quantitative estimate of drug-likeness (QED) is 0.586. The number of aromatic nitrogens is 3. The van der Waals surface area contributed by atoms with E-state index in [0.717, 1.165) is 22.5 Å². The summed E-state index contributed by atoms with van der Waals surface area (Å²) < 4.78 is 7.62. The number of rotatable bonds is 3. The number of amides is 1. The highest BCUT2D eigenvalue weighted by Gasteiger charge is 2.28. The van der Waals surface area contributed by atoms with Gasteiger partial charge in [-0.2, -0.15) is 0 Å². The van der Waals surface area contributed by atoms with Gasteiger partial charge in [0.05, 0.1) is 12.1 Å². The number of pyridine rings is 1. The maximum Gasteiger partial charge on any atom is 0.410 e. The molecular formula is C22H26ClN5O2. The van der Waals surface area contributed by atoms with Gasteiger partial charge in [0, 0.05) is 32.4 Å². The number of benzene rings is 1. The molecule has 0 radical (unpaired) electrons. The summed E-state index contributed by atoms with van der Waals surface area (Å²) in [4.78, 5) is 25.4. The SMILES string of the molecule is CC(C)(C)OC(=O)N1CCN(c2nc3ccnc(Cl)c3n2Cc2ccccc2)CC1. The molecule has 1 saturated heterocycles. The summed E-state index contributed by atoms with van der Waals surface area (Å²) in [5, 5.41) is 0.439. The molecule has 0 bridgehead atoms. The van der Waals surface area contributed by atoms with Crippen molar-refractivity contribution in [2.75, 3.05) is 31.1 Å². The van der Waals surface area contributed by atoms with Gasteiger partial charge >= 0.3 is 6.09 Å². The van der Waals surface area contributed by atoms with Crippen molar-refractivity contribution in [1.82, 2.24) is 19.4 Å². The van der Waals surface area contributed by atoms with Gasteiger partial charge < -0.3 is 19.1 Å². The Morgan fingerprint density at radius 3 is 2.47 bits per heavy atom. The largest absolute Gasteiger partial charge is 0.444 e. The van der Waals surface area contributed by atoms with Crippen molar-refractivity contribution in [2.45, 2.75) is 32.9 Å². The summed E-state index contributed by atoms with van der Waals surface area (Å²) in [7, 11) is 0. The van der Waals surface area contributed by atoms with Gasteiger partial charge in [0.2, 0.25) is 5.95 Å². The number of hydrogen-bond donors (Lipinski definition) is 0. The number of anilines is 1. The van der Waals surface area contributed by atoms with Gasteiger partial charge in [0.1, 0.15) is 11.1 Å². The number of ether oxygens (including phenoxy) is 1. The zero-order chi connectivity index (χ0) is 21.3. The summed E-state index contributed by atoms with van der Waals surface area (Å²) >= 11 is 6.45. The molecule has 1 amide bonds. The second-order valence-electron chi connectivity index (χ2n) is 8.41. The molecule has 3 heterocycles. The highest BCUT2D eigenvalue weighted by molar-refractivity contribution is 6.33. The number of nitrogens with zero attached hydrogens (tertiary/aromatic N) is 5. The van der Waals surface area contributed by atoms with Crippen LogP contribution in [-0.2, 0) is 11.3 Å². The fourth-order valence-corrected chi connectivity index (χ4v) is 3.85. The first-order chi connectivity index (χ1) is 14.3. The van der Waals surface area contributed by atoms with E-state index in [2.05, 4.69) is 26.6 Å². The molecule has 4 rings (SSSR count). The molecule has 1 aromatic carbocycles. The maximum absolute atomic E-state index is 12.4. The van der Waals surface area contributed by atoms with Crippen LogP contribution in [0.2, 0.25) is 5.15 Å². The molecule has 158 valence electrons. The zero-order valence-electron chi connectivity index (χ0n) is 17.5. The Balaban J connectivity index is 1.59. The maximum atomic E-state index is 12.4. The smallest absolute Gasteiger partial charge is 0.410 e. The minimum atomic E-state index is -0.498. The average Bonchev–Trinajstić information content (AvgIpc) is 3.07. The first kappa shape index (κ1) is 20.5. The predicted molar refractivity (Wildman–Crippen MR) is 118 cm³/mol. The molecule has 1 aliphatic heterocycles. The first-order valence-corrected chi connectivity index (χ1v) is 10.5. The molecule has 7 nitrogen and oxygen atoms in total. The van der Waals surface area contributed by atoms with Crippen LogP contribution in [0.4, 0.5) is 10.7 Å². The predicted octanol–water partition coefficient (Wildman–Crippen LogP) is 4.19. The van der Waals surface area contributed by atoms with Gasteiger partial charge in [-0.1, -0.05) is 41.9 Å². The molecule has 1 aliphatic rings. The van der Waals surface area contributed by atoms with Crippen molar-refractivity contribution >= 4 is 34.7 Å². The molecule has 8 heteroatoms. The molecule has 0 N–H and O–H groups in total. The van der Waals surface area contributed by atoms with Gasteiger partial charge in [-0.05, 0) is 32.4 Å². The Morgan fingerprint density at radius 2 is 1.80 bits per heavy atom. The fourth-order valence-electron chi connectivity index (χ4n) is 3.60. The summed E-state index contributed by atoms with van der Waals surface area (Å²) in [5.74, 6) is 0.840. The third-order valence-corrected chi connectivity index (χ3v) is 5.26. The Labute approximate surface area is 181 Å². The number of carbonyl (C=O) groups excluding carboxylic acids is 1. The molecule has 0 atom stereocenters. The number of fused-ring (bicyclic) bond motifs is 1. The molecule has 0 spiro atoms. The Morgan fingerprint density at radius 1 is 1.10 bits per heavy atom. The number of imidazole rings is 1. The van der Waals surface area contributed by atoms with E-state index in [-0.39, 0.29) is 6.09 Å². The normalized spacial score (nSPS) is 14.9. The molecule has 30 heavy (non-hydrogen) atoms. The van der Waals surface area contributed by atoms with Gasteiger partial charge in [-0.25, -0.2) is 14.8 Å². The van der Waals surface area contributed by atoms with Crippen LogP contribution in [-0.4, -0.2) is 57.3 Å². The van der Waals surface area contributed by atoms with Gasteiger partial charge in [-0.3, -0.25) is 0 Å². The van der Waals surface area contributed by atoms with E-state index in [0.29, 0.717) is 37.9 Å². The van der Waals surface area contributed by atoms with Crippen molar-refractivity contribution in [3.05, 3.63) is 53.3 Å². The Hall–Kier alpha value is -2.80. The second-order valence-corrected chi connectivity index (χ2v) is 8.77. The standard InChI is InChI=1S/C22H26ClN5O2/c1-22(2,3)30-21(29)27-13-11-26(12-14-27)20-25-17-9-10-24-19(23)18(17)28(20)15-16-7-5-4-6-8-16/h4-10H,11-15H2,1-3H3. The third-order valence-electron chi connectivity index (χ3n) is 4.99. The van der Waals surface area contributed by atoms with Crippen molar-refractivity contribution < 1.29 is 9.53 Å². The van der Waals surface area contributed by atoms with E-state index in [4.69, 9.17) is 21.3 Å². The summed E-state index contributed by atoms with van der Waals surface area (Å²) in [6, 6.07) is 12.1. The van der Waals surface area contributed by atoms with Crippen LogP contribution >= 0.6 is 11.6 Å². The summed E-state index contributed by atoms with van der Waals surface area (Å²) in [6.07, 6.45) is 1.40. The van der Waals surface area contributed by atoms with Crippen LogP contribution in [0.5, 0.6) is 0 Å². The average molecular weight is 428 g/mol. The van der Waals surface area contributed by atoms with Gasteiger partial charge in [0.15, 0.2) is 5.15 Å². The van der Waals surface area contributed by atoms with E-state index in [1.165, 1.54) is 0 Å². The number of piperazine rings is 1. The van der Waals surface area contributed by atoms with Crippen LogP contribution in [0.25, 0.3) is 11.0 Å². The van der Waals surface area contributed by atoms with Crippen LogP contribution in [0.3, 0.4) is 0 Å². The third kappa shape index (κ3) is 4.36. The molecular weight excluding hydrogens is 402 g/mol. The van der Waals surface area contributed by atoms with Crippen molar-refractivity contribution in [2.24, 2.45) is 0 Å². The molecule has 3 aromatic rings. The molecule has 0 aliphatic carbocycles. The molecule has 0 unspecified atom stereocenters. The Bertz CT molecular complexity index is 1040. The topological polar surface area (TPSA) is 63.5 Å². The van der Waals surface area contributed by atoms with E-state index in [1.54, 1.807) is 11.1 Å². The lowest BCUT2D eigenvalue weighted by Crippen LogP contribution is -2.50. The van der Waals surface area contributed by atoms with E-state index >= 15 is 0 Å². The highest BCUT2D eigenvalue weighted by atomic mass is 35.5. The van der Waals surface area contributed by atoms with Crippen molar-refractivity contribution in [3.63, 3.8) is 0 Å². The van der Waals surface area contributed by atoms with E-state index in [1.807, 2.05) is 45.0 Å². The molecule has 2 aromatic heterocycles. The van der Waals surface area contributed by atoms with Gasteiger partial charge in [-0.15, -0.1) is 0 Å². The van der Waals surface area contributed by atoms with E-state index in [9.17, 15) is 4.79 Å². The fraction of sp³-hybridized carbons (Fsp3) is 0.409. The Kier molecular flexibility index (Phi) is 5.56. The minimum absolute atomic E-state index is 0.271. The summed E-state index contributed by atoms with van der Waals surface area (Å²) in [5.41, 5.74) is 2.30. The second kappa shape index (κ2) is 8.14. The minimum Gasteiger partial charge on any atom is -0.444 e. The number of hydrogen-bond acceptors (Lipinski definition) is 5. The van der Waals surface area contributed by atoms with E-state index < -0.39 is 5.60 Å². The van der Waals surface area contributed by atoms with Crippen LogP contribution < -0.4 is 4.90 Å². The van der Waals surface area contributed by atoms with Crippen molar-refractivity contribution in [1.29, 1.82) is 0 Å². The van der Waals surface area contributed by atoms with Crippen LogP contribution in [0.15, 0.2) is 42.6 Å². The number of halogens is 1.